The average Bonchev–Trinajstić information content (AvgIpc) is 2.77. The van der Waals surface area contributed by atoms with Gasteiger partial charge in [0, 0.05) is 0 Å². The van der Waals surface area contributed by atoms with Gasteiger partial charge in [-0.1, -0.05) is 29.3 Å². The Hall–Kier alpha value is -2.22. The molecule has 0 bridgehead atoms. The highest BCUT2D eigenvalue weighted by Crippen LogP contribution is 2.31. The number of hydrogen-bond acceptors (Lipinski definition) is 3. The van der Waals surface area contributed by atoms with Crippen molar-refractivity contribution in [2.75, 3.05) is 5.73 Å². The molecule has 98 valence electrons. The zero-order chi connectivity index (χ0) is 14.3. The summed E-state index contributed by atoms with van der Waals surface area (Å²) in [6.07, 6.45) is 0. The Morgan fingerprint density at radius 2 is 1.95 bits per heavy atom. The zero-order valence-electron chi connectivity index (χ0n) is 10.1. The molecule has 3 rings (SSSR count). The van der Waals surface area contributed by atoms with Crippen molar-refractivity contribution in [2.45, 2.75) is 0 Å². The van der Waals surface area contributed by atoms with Gasteiger partial charge in [0.2, 0.25) is 5.95 Å². The lowest BCUT2D eigenvalue weighted by atomic mass is 10.2. The first-order valence-electron chi connectivity index (χ1n) is 5.74. The van der Waals surface area contributed by atoms with Crippen LogP contribution in [-0.2, 0) is 0 Å². The van der Waals surface area contributed by atoms with Gasteiger partial charge in [-0.05, 0) is 30.3 Å². The van der Waals surface area contributed by atoms with Crippen molar-refractivity contribution in [3.8, 4) is 11.8 Å². The van der Waals surface area contributed by atoms with Gasteiger partial charge in [-0.3, -0.25) is 4.57 Å². The van der Waals surface area contributed by atoms with Gasteiger partial charge >= 0.3 is 0 Å². The second kappa shape index (κ2) is 4.71. The van der Waals surface area contributed by atoms with Crippen LogP contribution in [0.2, 0.25) is 10.0 Å². The molecule has 0 spiro atoms. The highest BCUT2D eigenvalue weighted by molar-refractivity contribution is 6.35. The topological polar surface area (TPSA) is 67.6 Å². The molecule has 0 aliphatic carbocycles. The number of nitriles is 1. The number of anilines is 1. The van der Waals surface area contributed by atoms with Crippen LogP contribution in [0.5, 0.6) is 0 Å². The molecule has 0 aliphatic heterocycles. The minimum atomic E-state index is 0.269. The molecule has 0 unspecified atom stereocenters. The fourth-order valence-electron chi connectivity index (χ4n) is 2.09. The Morgan fingerprint density at radius 3 is 2.70 bits per heavy atom. The summed E-state index contributed by atoms with van der Waals surface area (Å²) >= 11 is 12.3. The first-order valence-corrected chi connectivity index (χ1v) is 6.50. The number of fused-ring (bicyclic) bond motifs is 1. The molecule has 0 aliphatic rings. The lowest BCUT2D eigenvalue weighted by molar-refractivity contribution is 1.11. The molecule has 0 fully saturated rings. The Balaban J connectivity index is 2.38. The van der Waals surface area contributed by atoms with Crippen LogP contribution in [0.25, 0.3) is 16.7 Å². The normalized spacial score (nSPS) is 10.7. The fourth-order valence-corrected chi connectivity index (χ4v) is 2.50. The third-order valence-corrected chi connectivity index (χ3v) is 3.60. The van der Waals surface area contributed by atoms with Gasteiger partial charge in [0.25, 0.3) is 0 Å². The maximum atomic E-state index is 9.01. The third-order valence-electron chi connectivity index (χ3n) is 2.98. The first kappa shape index (κ1) is 12.8. The molecular formula is C14H8Cl2N4. The van der Waals surface area contributed by atoms with E-state index < -0.39 is 0 Å². The molecule has 0 atom stereocenters. The summed E-state index contributed by atoms with van der Waals surface area (Å²) in [6, 6.07) is 12.4. The number of halogens is 2. The molecule has 0 saturated carbocycles. The van der Waals surface area contributed by atoms with Crippen molar-refractivity contribution >= 4 is 40.2 Å². The quantitative estimate of drug-likeness (QED) is 0.743. The van der Waals surface area contributed by atoms with E-state index in [1.165, 1.54) is 0 Å². The van der Waals surface area contributed by atoms with Crippen molar-refractivity contribution in [3.05, 3.63) is 52.0 Å². The summed E-state index contributed by atoms with van der Waals surface area (Å²) in [4.78, 5) is 4.25. The van der Waals surface area contributed by atoms with Crippen LogP contribution in [-0.4, -0.2) is 9.55 Å². The summed E-state index contributed by atoms with van der Waals surface area (Å²) in [5, 5.41) is 10.0. The summed E-state index contributed by atoms with van der Waals surface area (Å²) < 4.78 is 1.68. The van der Waals surface area contributed by atoms with Crippen molar-refractivity contribution in [3.63, 3.8) is 0 Å². The predicted octanol–water partition coefficient (Wildman–Crippen LogP) is 3.79. The highest BCUT2D eigenvalue weighted by Gasteiger charge is 2.14. The van der Waals surface area contributed by atoms with Crippen LogP contribution in [0.15, 0.2) is 36.4 Å². The number of nitrogen functional groups attached to an aromatic ring is 1. The first-order chi connectivity index (χ1) is 9.61. The largest absolute Gasteiger partial charge is 0.369 e. The lowest BCUT2D eigenvalue weighted by Crippen LogP contribution is -2.01. The van der Waals surface area contributed by atoms with E-state index in [0.29, 0.717) is 26.8 Å². The van der Waals surface area contributed by atoms with E-state index in [-0.39, 0.29) is 5.95 Å². The van der Waals surface area contributed by atoms with Gasteiger partial charge in [-0.15, -0.1) is 0 Å². The van der Waals surface area contributed by atoms with Crippen molar-refractivity contribution < 1.29 is 0 Å². The SMILES string of the molecule is N#Cc1ccc(Cl)c(-n2c(N)nc3c(Cl)cccc32)c1. The van der Waals surface area contributed by atoms with E-state index in [4.69, 9.17) is 34.2 Å². The van der Waals surface area contributed by atoms with Crippen molar-refractivity contribution in [1.29, 1.82) is 5.26 Å². The van der Waals surface area contributed by atoms with Gasteiger partial charge in [0.15, 0.2) is 0 Å². The highest BCUT2D eigenvalue weighted by atomic mass is 35.5. The van der Waals surface area contributed by atoms with Crippen LogP contribution in [0.1, 0.15) is 5.56 Å². The predicted molar refractivity (Wildman–Crippen MR) is 80.2 cm³/mol. The minimum absolute atomic E-state index is 0.269. The molecule has 4 nitrogen and oxygen atoms in total. The van der Waals surface area contributed by atoms with E-state index in [1.807, 2.05) is 12.1 Å². The van der Waals surface area contributed by atoms with Crippen LogP contribution in [0, 0.1) is 11.3 Å². The van der Waals surface area contributed by atoms with Crippen LogP contribution >= 0.6 is 23.2 Å². The number of nitrogens with two attached hydrogens (primary N) is 1. The van der Waals surface area contributed by atoms with E-state index in [2.05, 4.69) is 11.1 Å². The van der Waals surface area contributed by atoms with Crippen LogP contribution < -0.4 is 5.73 Å². The number of hydrogen-bond donors (Lipinski definition) is 1. The third kappa shape index (κ3) is 1.88. The summed E-state index contributed by atoms with van der Waals surface area (Å²) in [5.41, 5.74) is 8.41. The molecule has 6 heteroatoms. The van der Waals surface area contributed by atoms with E-state index in [9.17, 15) is 0 Å². The zero-order valence-corrected chi connectivity index (χ0v) is 11.7. The summed E-state index contributed by atoms with van der Waals surface area (Å²) in [6.45, 7) is 0. The Kier molecular flexibility index (Phi) is 3.01. The van der Waals surface area contributed by atoms with Crippen LogP contribution in [0.3, 0.4) is 0 Å². The maximum absolute atomic E-state index is 9.01. The van der Waals surface area contributed by atoms with Gasteiger partial charge in [-0.2, -0.15) is 5.26 Å². The monoisotopic (exact) mass is 302 g/mol. The molecule has 20 heavy (non-hydrogen) atoms. The number of benzene rings is 2. The molecule has 0 saturated heterocycles. The van der Waals surface area contributed by atoms with E-state index in [0.717, 1.165) is 5.52 Å². The Morgan fingerprint density at radius 1 is 1.15 bits per heavy atom. The number of imidazole rings is 1. The second-order valence-corrected chi connectivity index (χ2v) is 5.01. The average molecular weight is 303 g/mol. The maximum Gasteiger partial charge on any atom is 0.206 e. The molecular weight excluding hydrogens is 295 g/mol. The summed E-state index contributed by atoms with van der Waals surface area (Å²) in [5.74, 6) is 0.269. The molecule has 0 amide bonds. The molecule has 2 aromatic carbocycles. The molecule has 3 aromatic rings. The lowest BCUT2D eigenvalue weighted by Gasteiger charge is -2.09. The molecule has 1 aromatic heterocycles. The molecule has 1 heterocycles. The number of para-hydroxylation sites is 1. The molecule has 2 N–H and O–H groups in total. The summed E-state index contributed by atoms with van der Waals surface area (Å²) in [7, 11) is 0. The number of rotatable bonds is 1. The van der Waals surface area contributed by atoms with Crippen molar-refractivity contribution in [1.82, 2.24) is 9.55 Å². The van der Waals surface area contributed by atoms with Crippen LogP contribution in [0.4, 0.5) is 5.95 Å². The van der Waals surface area contributed by atoms with E-state index >= 15 is 0 Å². The van der Waals surface area contributed by atoms with Gasteiger partial charge in [0.1, 0.15) is 5.52 Å². The fraction of sp³-hybridized carbons (Fsp3) is 0. The van der Waals surface area contributed by atoms with Gasteiger partial charge in [-0.25, -0.2) is 4.98 Å². The Bertz CT molecular complexity index is 861. The number of aromatic nitrogens is 2. The van der Waals surface area contributed by atoms with Gasteiger partial charge in [0.05, 0.1) is 32.9 Å². The molecule has 0 radical (unpaired) electrons. The standard InChI is InChI=1S/C14H8Cl2N4/c15-9-5-4-8(7-17)6-12(9)20-11-3-1-2-10(16)13(11)19-14(20)18/h1-6H,(H2,18,19). The second-order valence-electron chi connectivity index (χ2n) is 4.19. The number of nitrogens with zero attached hydrogens (tertiary/aromatic N) is 3. The van der Waals surface area contributed by atoms with E-state index in [1.54, 1.807) is 28.8 Å². The Labute approximate surface area is 125 Å². The minimum Gasteiger partial charge on any atom is -0.369 e. The smallest absolute Gasteiger partial charge is 0.206 e. The van der Waals surface area contributed by atoms with Gasteiger partial charge < -0.3 is 5.73 Å². The van der Waals surface area contributed by atoms with Crippen molar-refractivity contribution in [2.24, 2.45) is 0 Å².